The van der Waals surface area contributed by atoms with Crippen LogP contribution in [0.1, 0.15) is 32.8 Å². The summed E-state index contributed by atoms with van der Waals surface area (Å²) in [5.74, 6) is -0.211. The summed E-state index contributed by atoms with van der Waals surface area (Å²) in [7, 11) is 0. The summed E-state index contributed by atoms with van der Waals surface area (Å²) >= 11 is 7.35. The molecule has 9 heteroatoms. The first-order valence-corrected chi connectivity index (χ1v) is 10.4. The van der Waals surface area contributed by atoms with Gasteiger partial charge >= 0.3 is 6.09 Å². The largest absolute Gasteiger partial charge is 0.444 e. The van der Waals surface area contributed by atoms with Gasteiger partial charge in [0, 0.05) is 18.7 Å². The third kappa shape index (κ3) is 5.32. The summed E-state index contributed by atoms with van der Waals surface area (Å²) in [6.07, 6.45) is 0.135. The lowest BCUT2D eigenvalue weighted by atomic mass is 10.1. The maximum absolute atomic E-state index is 12.1. The molecule has 7 nitrogen and oxygen atoms in total. The van der Waals surface area contributed by atoms with Crippen LogP contribution in [0.5, 0.6) is 0 Å². The Balaban J connectivity index is 1.81. The van der Waals surface area contributed by atoms with Crippen LogP contribution in [0.4, 0.5) is 10.5 Å². The number of ether oxygens (including phenoxy) is 1. The average molecular weight is 439 g/mol. The van der Waals surface area contributed by atoms with Gasteiger partial charge in [0.15, 0.2) is 5.78 Å². The van der Waals surface area contributed by atoms with Crippen LogP contribution in [-0.4, -0.2) is 52.9 Å². The molecule has 0 saturated carbocycles. The van der Waals surface area contributed by atoms with Crippen molar-refractivity contribution in [1.29, 1.82) is 0 Å². The minimum atomic E-state index is -0.816. The fourth-order valence-electron chi connectivity index (χ4n) is 3.24. The number of halogens is 1. The van der Waals surface area contributed by atoms with E-state index >= 15 is 0 Å². The molecule has 1 aromatic rings. The Labute approximate surface area is 178 Å². The number of ketones is 1. The van der Waals surface area contributed by atoms with Gasteiger partial charge in [-0.25, -0.2) is 4.79 Å². The SMILES string of the molecule is CC(C)(C)OC(=O)N[C@H]1CN(c2c(Cl)cccc2/C=C2\SC(=O)CC2=O)C[C@@H]1O. The fraction of sp³-hybridized carbons (Fsp3) is 0.450. The summed E-state index contributed by atoms with van der Waals surface area (Å²) in [4.78, 5) is 37.8. The van der Waals surface area contributed by atoms with E-state index in [4.69, 9.17) is 16.3 Å². The Bertz CT molecular complexity index is 880. The van der Waals surface area contributed by atoms with Crippen LogP contribution in [0, 0.1) is 0 Å². The van der Waals surface area contributed by atoms with Gasteiger partial charge in [0.25, 0.3) is 0 Å². The van der Waals surface area contributed by atoms with Crippen molar-refractivity contribution in [2.75, 3.05) is 18.0 Å². The number of anilines is 1. The molecule has 0 unspecified atom stereocenters. The molecule has 0 aliphatic carbocycles. The number of nitrogens with zero attached hydrogens (tertiary/aromatic N) is 1. The van der Waals surface area contributed by atoms with Gasteiger partial charge in [-0.3, -0.25) is 9.59 Å². The smallest absolute Gasteiger partial charge is 0.408 e. The second-order valence-corrected chi connectivity index (χ2v) is 9.49. The van der Waals surface area contributed by atoms with E-state index in [0.717, 1.165) is 11.8 Å². The maximum atomic E-state index is 12.1. The molecule has 2 N–H and O–H groups in total. The Morgan fingerprint density at radius 1 is 1.34 bits per heavy atom. The Kier molecular flexibility index (Phi) is 6.26. The number of aliphatic hydroxyl groups is 1. The van der Waals surface area contributed by atoms with E-state index in [1.165, 1.54) is 0 Å². The summed E-state index contributed by atoms with van der Waals surface area (Å²) in [5, 5.41) is 13.4. The van der Waals surface area contributed by atoms with Gasteiger partial charge in [-0.05, 0) is 44.7 Å². The molecule has 2 aliphatic rings. The average Bonchev–Trinajstić information content (AvgIpc) is 3.07. The topological polar surface area (TPSA) is 95.9 Å². The second kappa shape index (κ2) is 8.38. The van der Waals surface area contributed by atoms with Crippen molar-refractivity contribution in [1.82, 2.24) is 5.32 Å². The lowest BCUT2D eigenvalue weighted by molar-refractivity contribution is -0.119. The van der Waals surface area contributed by atoms with Gasteiger partial charge in [0.05, 0.1) is 34.2 Å². The molecule has 0 spiro atoms. The van der Waals surface area contributed by atoms with Gasteiger partial charge < -0.3 is 20.1 Å². The highest BCUT2D eigenvalue weighted by molar-refractivity contribution is 8.18. The van der Waals surface area contributed by atoms with Crippen molar-refractivity contribution in [3.63, 3.8) is 0 Å². The minimum absolute atomic E-state index is 0.100. The summed E-state index contributed by atoms with van der Waals surface area (Å²) in [6.45, 7) is 5.86. The van der Waals surface area contributed by atoms with Crippen LogP contribution in [-0.2, 0) is 14.3 Å². The predicted octanol–water partition coefficient (Wildman–Crippen LogP) is 2.99. The fourth-order valence-corrected chi connectivity index (χ4v) is 4.36. The quantitative estimate of drug-likeness (QED) is 0.553. The number of carbonyl (C=O) groups excluding carboxylic acids is 3. The molecule has 2 saturated heterocycles. The Morgan fingerprint density at radius 2 is 2.07 bits per heavy atom. The van der Waals surface area contributed by atoms with Gasteiger partial charge in [0.2, 0.25) is 5.12 Å². The number of nitrogens with one attached hydrogen (secondary N) is 1. The van der Waals surface area contributed by atoms with Crippen molar-refractivity contribution in [3.05, 3.63) is 33.7 Å². The number of amides is 1. The van der Waals surface area contributed by atoms with E-state index in [1.54, 1.807) is 45.0 Å². The van der Waals surface area contributed by atoms with Crippen molar-refractivity contribution in [2.45, 2.75) is 44.9 Å². The number of para-hydroxylation sites is 1. The number of thioether (sulfide) groups is 1. The molecule has 3 rings (SSSR count). The maximum Gasteiger partial charge on any atom is 0.408 e. The first kappa shape index (κ1) is 21.7. The number of aliphatic hydroxyl groups excluding tert-OH is 1. The zero-order valence-electron chi connectivity index (χ0n) is 16.4. The van der Waals surface area contributed by atoms with Crippen LogP contribution < -0.4 is 10.2 Å². The van der Waals surface area contributed by atoms with Crippen molar-refractivity contribution < 1.29 is 24.2 Å². The Morgan fingerprint density at radius 3 is 2.69 bits per heavy atom. The van der Waals surface area contributed by atoms with E-state index in [0.29, 0.717) is 27.7 Å². The number of rotatable bonds is 3. The van der Waals surface area contributed by atoms with Crippen LogP contribution in [0.2, 0.25) is 5.02 Å². The molecule has 156 valence electrons. The highest BCUT2D eigenvalue weighted by Gasteiger charge is 2.35. The first-order chi connectivity index (χ1) is 13.5. The van der Waals surface area contributed by atoms with Gasteiger partial charge in [0.1, 0.15) is 5.60 Å². The van der Waals surface area contributed by atoms with Crippen molar-refractivity contribution in [3.8, 4) is 0 Å². The zero-order chi connectivity index (χ0) is 21.3. The molecular weight excluding hydrogens is 416 g/mol. The molecule has 1 aromatic carbocycles. The summed E-state index contributed by atoms with van der Waals surface area (Å²) < 4.78 is 5.26. The lowest BCUT2D eigenvalue weighted by Crippen LogP contribution is -2.45. The highest BCUT2D eigenvalue weighted by atomic mass is 35.5. The molecule has 0 bridgehead atoms. The molecule has 2 atom stereocenters. The second-order valence-electron chi connectivity index (χ2n) is 7.99. The summed E-state index contributed by atoms with van der Waals surface area (Å²) in [6, 6.07) is 4.74. The standard InChI is InChI=1S/C20H23ClN2O5S/c1-20(2,3)28-19(27)22-13-9-23(10-15(13)25)18-11(5-4-6-12(18)21)7-16-14(24)8-17(26)29-16/h4-7,13,15,25H,8-10H2,1-3H3,(H,22,27)/b16-7-/t13-,15-/m0/s1. The number of benzene rings is 1. The molecule has 0 aromatic heterocycles. The van der Waals surface area contributed by atoms with Crippen LogP contribution in [0.25, 0.3) is 6.08 Å². The molecule has 0 radical (unpaired) electrons. The normalized spacial score (nSPS) is 23.8. The molecular formula is C20H23ClN2O5S. The predicted molar refractivity (Wildman–Crippen MR) is 113 cm³/mol. The highest BCUT2D eigenvalue weighted by Crippen LogP contribution is 2.37. The third-order valence-electron chi connectivity index (χ3n) is 4.42. The number of Topliss-reactive ketones (excluding diaryl/α,β-unsaturated/α-hetero) is 1. The van der Waals surface area contributed by atoms with Crippen LogP contribution >= 0.6 is 23.4 Å². The monoisotopic (exact) mass is 438 g/mol. The minimum Gasteiger partial charge on any atom is -0.444 e. The number of allylic oxidation sites excluding steroid dienone is 1. The van der Waals surface area contributed by atoms with Gasteiger partial charge in [-0.2, -0.15) is 0 Å². The van der Waals surface area contributed by atoms with E-state index in [9.17, 15) is 19.5 Å². The number of β-amino-alcohol motifs (C(OH)–C–C–N with tert-alkyl or cyclic N) is 1. The zero-order valence-corrected chi connectivity index (χ0v) is 18.0. The van der Waals surface area contributed by atoms with E-state index in [2.05, 4.69) is 5.32 Å². The van der Waals surface area contributed by atoms with Crippen molar-refractivity contribution in [2.24, 2.45) is 0 Å². The van der Waals surface area contributed by atoms with Crippen molar-refractivity contribution >= 4 is 52.1 Å². The van der Waals surface area contributed by atoms with Crippen LogP contribution in [0.3, 0.4) is 0 Å². The van der Waals surface area contributed by atoms with Crippen LogP contribution in [0.15, 0.2) is 23.1 Å². The molecule has 2 heterocycles. The molecule has 1 amide bonds. The first-order valence-electron chi connectivity index (χ1n) is 9.20. The van der Waals surface area contributed by atoms with E-state index < -0.39 is 23.8 Å². The third-order valence-corrected chi connectivity index (χ3v) is 5.66. The number of hydrogen-bond donors (Lipinski definition) is 2. The number of carbonyl (C=O) groups is 3. The number of alkyl carbamates (subject to hydrolysis) is 1. The lowest BCUT2D eigenvalue weighted by Gasteiger charge is -2.24. The van der Waals surface area contributed by atoms with E-state index in [1.807, 2.05) is 4.90 Å². The number of hydrogen-bond acceptors (Lipinski definition) is 7. The molecule has 2 fully saturated rings. The summed E-state index contributed by atoms with van der Waals surface area (Å²) in [5.41, 5.74) is 0.674. The molecule has 2 aliphatic heterocycles. The van der Waals surface area contributed by atoms with E-state index in [-0.39, 0.29) is 23.9 Å². The van der Waals surface area contributed by atoms with Gasteiger partial charge in [-0.15, -0.1) is 0 Å². The van der Waals surface area contributed by atoms with Gasteiger partial charge in [-0.1, -0.05) is 23.7 Å². The Hall–Kier alpha value is -2.03. The molecule has 29 heavy (non-hydrogen) atoms.